The van der Waals surface area contributed by atoms with Crippen LogP contribution in [0, 0.1) is 5.82 Å². The molecule has 0 amide bonds. The number of pyridine rings is 1. The first-order valence-electron chi connectivity index (χ1n) is 6.63. The number of nitrogens with one attached hydrogen (secondary N) is 1. The molecule has 110 valence electrons. The van der Waals surface area contributed by atoms with Gasteiger partial charge in [0.2, 0.25) is 0 Å². The van der Waals surface area contributed by atoms with E-state index in [2.05, 4.69) is 20.3 Å². The fourth-order valence-corrected chi connectivity index (χ4v) is 2.13. The highest BCUT2D eigenvalue weighted by Gasteiger charge is 2.05. The van der Waals surface area contributed by atoms with Crippen molar-refractivity contribution in [2.24, 2.45) is 0 Å². The summed E-state index contributed by atoms with van der Waals surface area (Å²) in [5.74, 6) is 0.866. The number of aromatic nitrogens is 3. The van der Waals surface area contributed by atoms with E-state index in [0.717, 1.165) is 5.56 Å². The first-order valence-corrected chi connectivity index (χ1v) is 7.01. The van der Waals surface area contributed by atoms with Crippen LogP contribution < -0.4 is 5.32 Å². The van der Waals surface area contributed by atoms with Crippen LogP contribution in [0.5, 0.6) is 0 Å². The zero-order chi connectivity index (χ0) is 15.4. The predicted molar refractivity (Wildman–Crippen MR) is 84.0 cm³/mol. The third-order valence-electron chi connectivity index (χ3n) is 3.04. The molecule has 0 fully saturated rings. The second kappa shape index (κ2) is 6.49. The Labute approximate surface area is 132 Å². The van der Waals surface area contributed by atoms with E-state index in [1.807, 2.05) is 0 Å². The SMILES string of the molecule is Fc1ccccc1CNc1ccnc(-c2cncc(Cl)c2)n1. The first-order chi connectivity index (χ1) is 10.7. The summed E-state index contributed by atoms with van der Waals surface area (Å²) in [7, 11) is 0. The van der Waals surface area contributed by atoms with Crippen molar-refractivity contribution >= 4 is 17.4 Å². The highest BCUT2D eigenvalue weighted by molar-refractivity contribution is 6.30. The van der Waals surface area contributed by atoms with Crippen molar-refractivity contribution in [3.63, 3.8) is 0 Å². The molecule has 0 atom stereocenters. The minimum atomic E-state index is -0.247. The lowest BCUT2D eigenvalue weighted by Crippen LogP contribution is -2.04. The third kappa shape index (κ3) is 3.38. The minimum absolute atomic E-state index is 0.247. The van der Waals surface area contributed by atoms with Crippen molar-refractivity contribution in [3.8, 4) is 11.4 Å². The van der Waals surface area contributed by atoms with Crippen LogP contribution in [0.3, 0.4) is 0 Å². The fourth-order valence-electron chi connectivity index (χ4n) is 1.96. The van der Waals surface area contributed by atoms with Crippen LogP contribution in [0.15, 0.2) is 55.0 Å². The predicted octanol–water partition coefficient (Wildman–Crippen LogP) is 3.94. The van der Waals surface area contributed by atoms with E-state index in [1.54, 1.807) is 48.9 Å². The molecular weight excluding hydrogens is 303 g/mol. The van der Waals surface area contributed by atoms with Gasteiger partial charge in [-0.25, -0.2) is 14.4 Å². The van der Waals surface area contributed by atoms with Gasteiger partial charge < -0.3 is 5.32 Å². The average molecular weight is 315 g/mol. The van der Waals surface area contributed by atoms with Gasteiger partial charge in [0, 0.05) is 36.3 Å². The summed E-state index contributed by atoms with van der Waals surface area (Å²) < 4.78 is 13.6. The van der Waals surface area contributed by atoms with E-state index >= 15 is 0 Å². The minimum Gasteiger partial charge on any atom is -0.366 e. The number of benzene rings is 1. The van der Waals surface area contributed by atoms with E-state index in [0.29, 0.717) is 28.8 Å². The quantitative estimate of drug-likeness (QED) is 0.792. The van der Waals surface area contributed by atoms with Gasteiger partial charge in [-0.1, -0.05) is 29.8 Å². The zero-order valence-corrected chi connectivity index (χ0v) is 12.3. The summed E-state index contributed by atoms with van der Waals surface area (Å²) in [4.78, 5) is 12.6. The smallest absolute Gasteiger partial charge is 0.163 e. The Kier molecular flexibility index (Phi) is 4.25. The summed E-state index contributed by atoms with van der Waals surface area (Å²) >= 11 is 5.92. The highest BCUT2D eigenvalue weighted by Crippen LogP contribution is 2.19. The molecule has 3 aromatic rings. The van der Waals surface area contributed by atoms with Gasteiger partial charge in [0.15, 0.2) is 5.82 Å². The Morgan fingerprint density at radius 1 is 1.14 bits per heavy atom. The number of hydrogen-bond donors (Lipinski definition) is 1. The third-order valence-corrected chi connectivity index (χ3v) is 3.24. The second-order valence-electron chi connectivity index (χ2n) is 4.60. The molecule has 6 heteroatoms. The van der Waals surface area contributed by atoms with Crippen LogP contribution in [0.25, 0.3) is 11.4 Å². The van der Waals surface area contributed by atoms with Crippen LogP contribution in [0.4, 0.5) is 10.2 Å². The topological polar surface area (TPSA) is 50.7 Å². The number of hydrogen-bond acceptors (Lipinski definition) is 4. The van der Waals surface area contributed by atoms with Gasteiger partial charge in [0.1, 0.15) is 11.6 Å². The van der Waals surface area contributed by atoms with E-state index in [4.69, 9.17) is 11.6 Å². The maximum Gasteiger partial charge on any atom is 0.163 e. The van der Waals surface area contributed by atoms with Gasteiger partial charge in [-0.2, -0.15) is 0 Å². The molecular formula is C16H12ClFN4. The maximum atomic E-state index is 13.6. The molecule has 0 unspecified atom stereocenters. The summed E-state index contributed by atoms with van der Waals surface area (Å²) in [6.07, 6.45) is 4.82. The van der Waals surface area contributed by atoms with Crippen LogP contribution in [0.2, 0.25) is 5.02 Å². The number of nitrogens with zero attached hydrogens (tertiary/aromatic N) is 3. The van der Waals surface area contributed by atoms with Gasteiger partial charge in [-0.3, -0.25) is 4.98 Å². The lowest BCUT2D eigenvalue weighted by Gasteiger charge is -2.08. The van der Waals surface area contributed by atoms with Gasteiger partial charge in [-0.05, 0) is 18.2 Å². The van der Waals surface area contributed by atoms with Gasteiger partial charge in [0.25, 0.3) is 0 Å². The Bertz CT molecular complexity index is 794. The molecule has 1 N–H and O–H groups in total. The summed E-state index contributed by atoms with van der Waals surface area (Å²) in [6, 6.07) is 10.1. The van der Waals surface area contributed by atoms with Gasteiger partial charge in [-0.15, -0.1) is 0 Å². The molecule has 0 aliphatic carbocycles. The molecule has 0 spiro atoms. The Hall–Kier alpha value is -2.53. The molecule has 22 heavy (non-hydrogen) atoms. The molecule has 2 aromatic heterocycles. The van der Waals surface area contributed by atoms with E-state index in [9.17, 15) is 4.39 Å². The average Bonchev–Trinajstić information content (AvgIpc) is 2.54. The molecule has 0 saturated carbocycles. The van der Waals surface area contributed by atoms with Gasteiger partial charge >= 0.3 is 0 Å². The van der Waals surface area contributed by atoms with Crippen LogP contribution in [0.1, 0.15) is 5.56 Å². The van der Waals surface area contributed by atoms with Crippen molar-refractivity contribution in [2.75, 3.05) is 5.32 Å². The van der Waals surface area contributed by atoms with Crippen LogP contribution in [-0.4, -0.2) is 15.0 Å². The van der Waals surface area contributed by atoms with Crippen LogP contribution >= 0.6 is 11.6 Å². The number of halogens is 2. The molecule has 0 saturated heterocycles. The van der Waals surface area contributed by atoms with Crippen molar-refractivity contribution < 1.29 is 4.39 Å². The molecule has 0 aliphatic rings. The van der Waals surface area contributed by atoms with Crippen molar-refractivity contribution in [3.05, 3.63) is 71.4 Å². The molecule has 0 bridgehead atoms. The normalized spacial score (nSPS) is 10.5. The van der Waals surface area contributed by atoms with Crippen molar-refractivity contribution in [1.29, 1.82) is 0 Å². The number of anilines is 1. The van der Waals surface area contributed by atoms with Gasteiger partial charge in [0.05, 0.1) is 5.02 Å². The summed E-state index contributed by atoms with van der Waals surface area (Å²) in [6.45, 7) is 0.344. The van der Waals surface area contributed by atoms with E-state index in [1.165, 1.54) is 6.07 Å². The molecule has 4 nitrogen and oxygen atoms in total. The summed E-state index contributed by atoms with van der Waals surface area (Å²) in [5.41, 5.74) is 1.30. The highest BCUT2D eigenvalue weighted by atomic mass is 35.5. The lowest BCUT2D eigenvalue weighted by molar-refractivity contribution is 0.613. The van der Waals surface area contributed by atoms with Crippen molar-refractivity contribution in [2.45, 2.75) is 6.54 Å². The monoisotopic (exact) mass is 314 g/mol. The van der Waals surface area contributed by atoms with E-state index < -0.39 is 0 Å². The molecule has 1 aromatic carbocycles. The Morgan fingerprint density at radius 3 is 2.82 bits per heavy atom. The Balaban J connectivity index is 1.78. The molecule has 0 aliphatic heterocycles. The lowest BCUT2D eigenvalue weighted by atomic mass is 10.2. The standard InChI is InChI=1S/C16H12ClFN4/c17-13-7-12(8-19-10-13)16-20-6-5-15(22-16)21-9-11-3-1-2-4-14(11)18/h1-8,10H,9H2,(H,20,21,22). The zero-order valence-electron chi connectivity index (χ0n) is 11.5. The van der Waals surface area contributed by atoms with E-state index in [-0.39, 0.29) is 5.82 Å². The largest absolute Gasteiger partial charge is 0.366 e. The fraction of sp³-hybridized carbons (Fsp3) is 0.0625. The van der Waals surface area contributed by atoms with Crippen molar-refractivity contribution in [1.82, 2.24) is 15.0 Å². The molecule has 0 radical (unpaired) electrons. The number of rotatable bonds is 4. The van der Waals surface area contributed by atoms with Crippen LogP contribution in [-0.2, 0) is 6.54 Å². The second-order valence-corrected chi connectivity index (χ2v) is 5.04. The Morgan fingerprint density at radius 2 is 2.00 bits per heavy atom. The molecule has 2 heterocycles. The molecule has 3 rings (SSSR count). The first kappa shape index (κ1) is 14.4. The summed E-state index contributed by atoms with van der Waals surface area (Å²) in [5, 5.41) is 3.60. The maximum absolute atomic E-state index is 13.6.